The smallest absolute Gasteiger partial charge is 0.309 e. The molecule has 0 bridgehead atoms. The topological polar surface area (TPSA) is 78.9 Å². The molecule has 0 amide bonds. The monoisotopic (exact) mass is 1090 g/mol. The van der Waals surface area contributed by atoms with Crippen molar-refractivity contribution in [2.45, 2.75) is 271 Å². The molecule has 0 radical (unpaired) electrons. The van der Waals surface area contributed by atoms with Gasteiger partial charge in [0.05, 0.1) is 6.42 Å². The van der Waals surface area contributed by atoms with E-state index < -0.39 is 12.1 Å². The van der Waals surface area contributed by atoms with Gasteiger partial charge < -0.3 is 14.2 Å². The zero-order valence-electron chi connectivity index (χ0n) is 50.8. The largest absolute Gasteiger partial charge is 0.462 e. The fourth-order valence-corrected chi connectivity index (χ4v) is 8.31. The molecule has 444 valence electrons. The molecule has 6 nitrogen and oxygen atoms in total. The highest BCUT2D eigenvalue weighted by Crippen LogP contribution is 2.15. The second-order valence-corrected chi connectivity index (χ2v) is 20.6. The Hall–Kier alpha value is -4.97. The van der Waals surface area contributed by atoms with Crippen LogP contribution < -0.4 is 0 Å². The second-order valence-electron chi connectivity index (χ2n) is 20.6. The van der Waals surface area contributed by atoms with Gasteiger partial charge in [-0.1, -0.05) is 275 Å². The first kappa shape index (κ1) is 74.0. The molecule has 0 saturated heterocycles. The third-order valence-corrected chi connectivity index (χ3v) is 13.0. The predicted molar refractivity (Wildman–Crippen MR) is 343 cm³/mol. The maximum absolute atomic E-state index is 12.9. The summed E-state index contributed by atoms with van der Waals surface area (Å²) in [7, 11) is 0. The van der Waals surface area contributed by atoms with Crippen molar-refractivity contribution in [3.63, 3.8) is 0 Å². The van der Waals surface area contributed by atoms with Gasteiger partial charge in [-0.05, 0) is 128 Å². The van der Waals surface area contributed by atoms with E-state index in [1.54, 1.807) is 6.08 Å². The van der Waals surface area contributed by atoms with Crippen LogP contribution in [0, 0.1) is 0 Å². The summed E-state index contributed by atoms with van der Waals surface area (Å²) < 4.78 is 16.8. The molecule has 0 N–H and O–H groups in total. The highest BCUT2D eigenvalue weighted by molar-refractivity contribution is 5.72. The Morgan fingerprint density at radius 3 is 0.911 bits per heavy atom. The summed E-state index contributed by atoms with van der Waals surface area (Å²) in [6, 6.07) is 0. The Morgan fingerprint density at radius 1 is 0.278 bits per heavy atom. The van der Waals surface area contributed by atoms with E-state index in [2.05, 4.69) is 167 Å². The molecule has 1 unspecified atom stereocenters. The molecule has 1 atom stereocenters. The molecule has 0 fully saturated rings. The molecule has 0 aliphatic rings. The van der Waals surface area contributed by atoms with E-state index in [1.807, 2.05) is 6.08 Å². The van der Waals surface area contributed by atoms with Crippen LogP contribution in [0.15, 0.2) is 158 Å². The van der Waals surface area contributed by atoms with Crippen molar-refractivity contribution in [3.05, 3.63) is 158 Å². The lowest BCUT2D eigenvalue weighted by Gasteiger charge is -2.18. The summed E-state index contributed by atoms with van der Waals surface area (Å²) in [5.41, 5.74) is 0. The Bertz CT molecular complexity index is 1780. The van der Waals surface area contributed by atoms with Crippen LogP contribution in [0.2, 0.25) is 0 Å². The summed E-state index contributed by atoms with van der Waals surface area (Å²) in [4.78, 5) is 38.2. The quantitative estimate of drug-likeness (QED) is 0.0261. The maximum Gasteiger partial charge on any atom is 0.309 e. The van der Waals surface area contributed by atoms with Crippen LogP contribution in [0.3, 0.4) is 0 Å². The van der Waals surface area contributed by atoms with Crippen molar-refractivity contribution < 1.29 is 28.6 Å². The highest BCUT2D eigenvalue weighted by atomic mass is 16.6. The predicted octanol–water partition coefficient (Wildman–Crippen LogP) is 22.1. The number of ether oxygens (including phenoxy) is 3. The summed E-state index contributed by atoms with van der Waals surface area (Å²) in [5.74, 6) is -1.11. The maximum atomic E-state index is 12.9. The Balaban J connectivity index is 4.50. The van der Waals surface area contributed by atoms with Gasteiger partial charge in [0, 0.05) is 12.8 Å². The van der Waals surface area contributed by atoms with Crippen molar-refractivity contribution in [1.82, 2.24) is 0 Å². The van der Waals surface area contributed by atoms with Gasteiger partial charge in [-0.3, -0.25) is 14.4 Å². The average Bonchev–Trinajstić information content (AvgIpc) is 3.45. The summed E-state index contributed by atoms with van der Waals surface area (Å²) >= 11 is 0. The van der Waals surface area contributed by atoms with Gasteiger partial charge in [-0.15, -0.1) is 0 Å². The number of allylic oxidation sites excluding steroid dienone is 25. The van der Waals surface area contributed by atoms with E-state index in [0.717, 1.165) is 109 Å². The lowest BCUT2D eigenvalue weighted by atomic mass is 10.0. The average molecular weight is 1090 g/mol. The van der Waals surface area contributed by atoms with E-state index in [9.17, 15) is 14.4 Å². The molecule has 0 aliphatic heterocycles. The van der Waals surface area contributed by atoms with Crippen molar-refractivity contribution in [2.24, 2.45) is 0 Å². The zero-order valence-corrected chi connectivity index (χ0v) is 50.8. The number of esters is 3. The Labute approximate surface area is 486 Å². The van der Waals surface area contributed by atoms with E-state index in [4.69, 9.17) is 14.2 Å². The first-order valence-electron chi connectivity index (χ1n) is 32.0. The van der Waals surface area contributed by atoms with E-state index in [-0.39, 0.29) is 38.0 Å². The van der Waals surface area contributed by atoms with E-state index in [0.29, 0.717) is 12.8 Å². The Kier molecular flexibility index (Phi) is 61.4. The third-order valence-electron chi connectivity index (χ3n) is 13.0. The molecular weight excluding hydrogens is 973 g/mol. The van der Waals surface area contributed by atoms with Gasteiger partial charge >= 0.3 is 17.9 Å². The van der Waals surface area contributed by atoms with Gasteiger partial charge in [0.15, 0.2) is 6.10 Å². The lowest BCUT2D eigenvalue weighted by molar-refractivity contribution is -0.166. The minimum absolute atomic E-state index is 0.110. The van der Waals surface area contributed by atoms with Crippen molar-refractivity contribution in [2.75, 3.05) is 13.2 Å². The molecule has 0 aliphatic carbocycles. The van der Waals surface area contributed by atoms with Gasteiger partial charge in [0.25, 0.3) is 0 Å². The van der Waals surface area contributed by atoms with Crippen molar-refractivity contribution in [1.29, 1.82) is 0 Å². The number of unbranched alkanes of at least 4 members (excludes halogenated alkanes) is 20. The van der Waals surface area contributed by atoms with Crippen LogP contribution >= 0.6 is 0 Å². The molecule has 0 aromatic carbocycles. The fraction of sp³-hybridized carbons (Fsp3) is 0.603. The van der Waals surface area contributed by atoms with Gasteiger partial charge in [0.1, 0.15) is 13.2 Å². The van der Waals surface area contributed by atoms with Crippen LogP contribution in [-0.4, -0.2) is 37.2 Å². The zero-order chi connectivity index (χ0) is 57.1. The third kappa shape index (κ3) is 63.7. The number of hydrogen-bond donors (Lipinski definition) is 0. The summed E-state index contributed by atoms with van der Waals surface area (Å²) in [5, 5.41) is 0. The number of hydrogen-bond acceptors (Lipinski definition) is 6. The van der Waals surface area contributed by atoms with Gasteiger partial charge in [0.2, 0.25) is 0 Å². The molecule has 0 spiro atoms. The van der Waals surface area contributed by atoms with Gasteiger partial charge in [-0.25, -0.2) is 0 Å². The standard InChI is InChI=1S/C73H116O6/c1-4-7-10-13-16-19-22-25-28-30-32-34-35-36-37-39-40-42-45-48-51-54-57-60-63-66-72(75)78-69-70(68-77-71(74)65-62-59-56-53-50-47-44-27-24-21-18-15-12-9-6-3)79-73(76)67-64-61-58-55-52-49-46-43-41-38-33-31-29-26-23-20-17-14-11-8-5-2/h8-9,11-12,17-18,20-22,25-27,29-30,32-33,38,43-44,46,50,52-53,55,59,62,70H,4-7,10,13-16,19,23-24,28,31,34-37,39-42,45,47-49,51,54,56-58,60-61,63-69H2,1-3H3/b11-8-,12-9-,20-17-,21-18-,25-22-,29-26-,32-30-,38-33-,44-27-,46-43-,53-50-,55-52-,62-59-. The number of rotatable bonds is 56. The molecule has 0 aromatic heterocycles. The van der Waals surface area contributed by atoms with E-state index >= 15 is 0 Å². The molecule has 6 heteroatoms. The van der Waals surface area contributed by atoms with Crippen LogP contribution in [0.4, 0.5) is 0 Å². The van der Waals surface area contributed by atoms with Crippen LogP contribution in [0.25, 0.3) is 0 Å². The lowest BCUT2D eigenvalue weighted by Crippen LogP contribution is -2.30. The first-order chi connectivity index (χ1) is 39.0. The van der Waals surface area contributed by atoms with Crippen LogP contribution in [-0.2, 0) is 28.6 Å². The van der Waals surface area contributed by atoms with Gasteiger partial charge in [-0.2, -0.15) is 0 Å². The van der Waals surface area contributed by atoms with Crippen LogP contribution in [0.5, 0.6) is 0 Å². The summed E-state index contributed by atoms with van der Waals surface area (Å²) in [6.45, 7) is 6.28. The van der Waals surface area contributed by atoms with E-state index in [1.165, 1.54) is 109 Å². The SMILES string of the molecule is CC/C=C\C/C=C\C/C=C\C/C=C\C/C=C\C/C=C\CCCCC(=O)OC(COC(=O)C/C=C\C/C=C\C/C=C\C/C=C\C/C=C\CC)COC(=O)CCCCCCCCCCCCCCC/C=C\C/C=C\CCCCCCC. The molecule has 0 saturated carbocycles. The minimum atomic E-state index is -0.850. The summed E-state index contributed by atoms with van der Waals surface area (Å²) in [6.07, 6.45) is 95.7. The normalized spacial score (nSPS) is 13.2. The van der Waals surface area contributed by atoms with Crippen LogP contribution in [0.1, 0.15) is 265 Å². The highest BCUT2D eigenvalue weighted by Gasteiger charge is 2.19. The number of carbonyl (C=O) groups is 3. The first-order valence-corrected chi connectivity index (χ1v) is 32.0. The second kappa shape index (κ2) is 65.5. The molecular formula is C73H116O6. The van der Waals surface area contributed by atoms with Crippen molar-refractivity contribution in [3.8, 4) is 0 Å². The molecule has 79 heavy (non-hydrogen) atoms. The van der Waals surface area contributed by atoms with Crippen molar-refractivity contribution >= 4 is 17.9 Å². The Morgan fingerprint density at radius 2 is 0.544 bits per heavy atom. The molecule has 0 aromatic rings. The molecule has 0 rings (SSSR count). The minimum Gasteiger partial charge on any atom is -0.462 e. The number of carbonyl (C=O) groups excluding carboxylic acids is 3. The fourth-order valence-electron chi connectivity index (χ4n) is 8.31. The molecule has 0 heterocycles.